The number of amides is 1. The summed E-state index contributed by atoms with van der Waals surface area (Å²) >= 11 is 0. The van der Waals surface area contributed by atoms with E-state index in [1.807, 2.05) is 0 Å². The summed E-state index contributed by atoms with van der Waals surface area (Å²) in [5.74, 6) is -0.199. The van der Waals surface area contributed by atoms with Crippen molar-refractivity contribution in [3.8, 4) is 0 Å². The summed E-state index contributed by atoms with van der Waals surface area (Å²) in [6.07, 6.45) is 4.89. The van der Waals surface area contributed by atoms with Gasteiger partial charge in [-0.1, -0.05) is 18.2 Å². The molecule has 20 heavy (non-hydrogen) atoms. The van der Waals surface area contributed by atoms with Crippen LogP contribution in [0, 0.1) is 0 Å². The third kappa shape index (κ3) is 2.69. The van der Waals surface area contributed by atoms with E-state index in [0.717, 1.165) is 4.68 Å². The topological polar surface area (TPSA) is 59.6 Å². The molecular weight excluding hydrogens is 256 g/mol. The zero-order chi connectivity index (χ0) is 14.5. The quantitative estimate of drug-likeness (QED) is 0.727. The maximum absolute atomic E-state index is 12.1. The Morgan fingerprint density at radius 3 is 2.60 bits per heavy atom. The van der Waals surface area contributed by atoms with Crippen LogP contribution in [0.5, 0.6) is 0 Å². The SMILES string of the molecule is C=CCN(CC=C)C(=O)Cn1nc2ccccn2c1=O. The minimum Gasteiger partial charge on any atom is -0.334 e. The van der Waals surface area contributed by atoms with E-state index in [1.165, 1.54) is 4.40 Å². The molecule has 0 fully saturated rings. The van der Waals surface area contributed by atoms with Crippen molar-refractivity contribution in [3.63, 3.8) is 0 Å². The summed E-state index contributed by atoms with van der Waals surface area (Å²) in [5, 5.41) is 4.12. The highest BCUT2D eigenvalue weighted by Gasteiger charge is 2.14. The van der Waals surface area contributed by atoms with Gasteiger partial charge in [-0.25, -0.2) is 9.48 Å². The molecule has 0 aliphatic carbocycles. The van der Waals surface area contributed by atoms with Crippen LogP contribution in [0.15, 0.2) is 54.5 Å². The van der Waals surface area contributed by atoms with Crippen LogP contribution in [0.1, 0.15) is 0 Å². The summed E-state index contributed by atoms with van der Waals surface area (Å²) in [7, 11) is 0. The second-order valence-corrected chi connectivity index (χ2v) is 4.25. The molecule has 104 valence electrons. The van der Waals surface area contributed by atoms with Gasteiger partial charge in [0.05, 0.1) is 0 Å². The van der Waals surface area contributed by atoms with Gasteiger partial charge in [-0.2, -0.15) is 0 Å². The number of rotatable bonds is 6. The summed E-state index contributed by atoms with van der Waals surface area (Å²) in [5.41, 5.74) is 0.190. The molecule has 0 unspecified atom stereocenters. The van der Waals surface area contributed by atoms with Gasteiger partial charge in [0.25, 0.3) is 0 Å². The lowest BCUT2D eigenvalue weighted by molar-refractivity contribution is -0.131. The molecule has 0 saturated carbocycles. The van der Waals surface area contributed by atoms with Crippen LogP contribution in [0.4, 0.5) is 0 Å². The minimum atomic E-state index is -0.328. The van der Waals surface area contributed by atoms with Gasteiger partial charge >= 0.3 is 5.69 Å². The van der Waals surface area contributed by atoms with E-state index in [0.29, 0.717) is 18.7 Å². The Balaban J connectivity index is 2.24. The highest BCUT2D eigenvalue weighted by Crippen LogP contribution is 1.97. The lowest BCUT2D eigenvalue weighted by Crippen LogP contribution is -2.37. The highest BCUT2D eigenvalue weighted by molar-refractivity contribution is 5.76. The van der Waals surface area contributed by atoms with Crippen molar-refractivity contribution in [1.82, 2.24) is 19.1 Å². The first-order valence-electron chi connectivity index (χ1n) is 6.21. The Bertz CT molecular complexity index is 689. The largest absolute Gasteiger partial charge is 0.350 e. The molecule has 0 atom stereocenters. The maximum atomic E-state index is 12.1. The third-order valence-corrected chi connectivity index (χ3v) is 2.83. The van der Waals surface area contributed by atoms with Crippen molar-refractivity contribution >= 4 is 11.6 Å². The van der Waals surface area contributed by atoms with Crippen LogP contribution in [-0.2, 0) is 11.3 Å². The summed E-state index contributed by atoms with van der Waals surface area (Å²) in [4.78, 5) is 25.7. The molecule has 6 heteroatoms. The van der Waals surface area contributed by atoms with Crippen LogP contribution in [0.3, 0.4) is 0 Å². The summed E-state index contributed by atoms with van der Waals surface area (Å²) in [6.45, 7) is 7.94. The van der Waals surface area contributed by atoms with E-state index in [4.69, 9.17) is 0 Å². The molecule has 2 rings (SSSR count). The van der Waals surface area contributed by atoms with Gasteiger partial charge in [0.15, 0.2) is 5.65 Å². The Morgan fingerprint density at radius 2 is 2.00 bits per heavy atom. The normalized spacial score (nSPS) is 10.4. The molecule has 0 aliphatic rings. The minimum absolute atomic E-state index is 0.0950. The van der Waals surface area contributed by atoms with E-state index in [9.17, 15) is 9.59 Å². The summed E-state index contributed by atoms with van der Waals surface area (Å²) < 4.78 is 2.56. The van der Waals surface area contributed by atoms with Gasteiger partial charge in [-0.15, -0.1) is 18.3 Å². The molecule has 0 saturated heterocycles. The fourth-order valence-corrected chi connectivity index (χ4v) is 1.89. The molecule has 0 bridgehead atoms. The average molecular weight is 272 g/mol. The monoisotopic (exact) mass is 272 g/mol. The van der Waals surface area contributed by atoms with Crippen LogP contribution in [-0.4, -0.2) is 38.1 Å². The number of nitrogens with zero attached hydrogens (tertiary/aromatic N) is 4. The molecule has 0 N–H and O–H groups in total. The standard InChI is InChI=1S/C14H16N4O2/c1-3-8-16(9-4-2)13(19)11-18-14(20)17-10-6-5-7-12(17)15-18/h3-7,10H,1-2,8-9,11H2. The molecule has 1 amide bonds. The van der Waals surface area contributed by atoms with Crippen molar-refractivity contribution in [2.45, 2.75) is 6.54 Å². The second kappa shape index (κ2) is 6.01. The number of fused-ring (bicyclic) bond motifs is 1. The predicted molar refractivity (Wildman–Crippen MR) is 76.4 cm³/mol. The van der Waals surface area contributed by atoms with Gasteiger partial charge in [-0.3, -0.25) is 9.20 Å². The molecular formula is C14H16N4O2. The smallest absolute Gasteiger partial charge is 0.334 e. The van der Waals surface area contributed by atoms with E-state index < -0.39 is 0 Å². The Hall–Kier alpha value is -2.63. The zero-order valence-electron chi connectivity index (χ0n) is 11.1. The predicted octanol–water partition coefficient (Wildman–Crippen LogP) is 0.697. The molecule has 0 spiro atoms. The first kappa shape index (κ1) is 13.8. The van der Waals surface area contributed by atoms with Crippen molar-refractivity contribution < 1.29 is 4.79 Å². The second-order valence-electron chi connectivity index (χ2n) is 4.25. The van der Waals surface area contributed by atoms with Crippen molar-refractivity contribution in [3.05, 3.63) is 60.2 Å². The average Bonchev–Trinajstić information content (AvgIpc) is 2.76. The lowest BCUT2D eigenvalue weighted by Gasteiger charge is -2.18. The first-order valence-corrected chi connectivity index (χ1v) is 6.21. The lowest BCUT2D eigenvalue weighted by atomic mass is 10.4. The number of hydrogen-bond donors (Lipinski definition) is 0. The van der Waals surface area contributed by atoms with E-state index in [1.54, 1.807) is 41.4 Å². The van der Waals surface area contributed by atoms with Crippen LogP contribution >= 0.6 is 0 Å². The maximum Gasteiger partial charge on any atom is 0.350 e. The molecule has 0 aliphatic heterocycles. The third-order valence-electron chi connectivity index (χ3n) is 2.83. The first-order chi connectivity index (χ1) is 9.67. The van der Waals surface area contributed by atoms with Gasteiger partial charge < -0.3 is 4.90 Å². The fraction of sp³-hybridized carbons (Fsp3) is 0.214. The molecule has 2 heterocycles. The Labute approximate surface area is 116 Å². The van der Waals surface area contributed by atoms with E-state index in [-0.39, 0.29) is 18.1 Å². The van der Waals surface area contributed by atoms with Gasteiger partial charge in [0.2, 0.25) is 5.91 Å². The van der Waals surface area contributed by atoms with Gasteiger partial charge in [0, 0.05) is 19.3 Å². The van der Waals surface area contributed by atoms with Crippen molar-refractivity contribution in [2.24, 2.45) is 0 Å². The number of hydrogen-bond acceptors (Lipinski definition) is 3. The summed E-state index contributed by atoms with van der Waals surface area (Å²) in [6, 6.07) is 5.24. The fourth-order valence-electron chi connectivity index (χ4n) is 1.89. The number of aromatic nitrogens is 3. The van der Waals surface area contributed by atoms with E-state index >= 15 is 0 Å². The van der Waals surface area contributed by atoms with Crippen LogP contribution < -0.4 is 5.69 Å². The Morgan fingerprint density at radius 1 is 1.30 bits per heavy atom. The van der Waals surface area contributed by atoms with Crippen LogP contribution in [0.2, 0.25) is 0 Å². The van der Waals surface area contributed by atoms with Crippen LogP contribution in [0.25, 0.3) is 5.65 Å². The van der Waals surface area contributed by atoms with Gasteiger partial charge in [-0.05, 0) is 12.1 Å². The molecule has 0 aromatic carbocycles. The molecule has 0 radical (unpaired) electrons. The molecule has 2 aromatic heterocycles. The van der Waals surface area contributed by atoms with Crippen molar-refractivity contribution in [2.75, 3.05) is 13.1 Å². The zero-order valence-corrected chi connectivity index (χ0v) is 11.1. The molecule has 6 nitrogen and oxygen atoms in total. The number of carbonyl (C=O) groups excluding carboxylic acids is 1. The number of pyridine rings is 1. The van der Waals surface area contributed by atoms with E-state index in [2.05, 4.69) is 18.3 Å². The Kier molecular flexibility index (Phi) is 4.14. The van der Waals surface area contributed by atoms with Gasteiger partial charge in [0.1, 0.15) is 6.54 Å². The van der Waals surface area contributed by atoms with Crippen molar-refractivity contribution in [1.29, 1.82) is 0 Å². The molecule has 2 aromatic rings. The highest BCUT2D eigenvalue weighted by atomic mass is 16.2. The number of carbonyl (C=O) groups is 1.